The van der Waals surface area contributed by atoms with Crippen molar-refractivity contribution in [3.05, 3.63) is 28.2 Å². The molecule has 0 aromatic heterocycles. The first-order valence-electron chi connectivity index (χ1n) is 7.01. The van der Waals surface area contributed by atoms with Crippen molar-refractivity contribution in [2.24, 2.45) is 5.73 Å². The molecule has 0 radical (unpaired) electrons. The fourth-order valence-corrected chi connectivity index (χ4v) is 2.57. The van der Waals surface area contributed by atoms with Crippen LogP contribution in [0.3, 0.4) is 0 Å². The van der Waals surface area contributed by atoms with Crippen LogP contribution in [0.15, 0.2) is 22.7 Å². The van der Waals surface area contributed by atoms with Gasteiger partial charge in [-0.1, -0.05) is 22.9 Å². The number of alkyl halides is 3. The molecule has 0 aliphatic carbocycles. The van der Waals surface area contributed by atoms with Crippen LogP contribution in [0.4, 0.5) is 18.9 Å². The van der Waals surface area contributed by atoms with Gasteiger partial charge < -0.3 is 10.6 Å². The van der Waals surface area contributed by atoms with E-state index in [1.165, 1.54) is 4.90 Å². The van der Waals surface area contributed by atoms with Gasteiger partial charge in [-0.05, 0) is 50.5 Å². The third-order valence-electron chi connectivity index (χ3n) is 3.33. The number of hydrogen-bond donors (Lipinski definition) is 1. The van der Waals surface area contributed by atoms with Crippen LogP contribution in [0.25, 0.3) is 0 Å². The average molecular weight is 367 g/mol. The highest BCUT2D eigenvalue weighted by Crippen LogP contribution is 2.30. The summed E-state index contributed by atoms with van der Waals surface area (Å²) in [6.45, 7) is 4.54. The summed E-state index contributed by atoms with van der Waals surface area (Å²) in [5.74, 6) is 0. The third kappa shape index (κ3) is 5.87. The molecule has 0 aliphatic heterocycles. The van der Waals surface area contributed by atoms with E-state index >= 15 is 0 Å². The quantitative estimate of drug-likeness (QED) is 0.802. The summed E-state index contributed by atoms with van der Waals surface area (Å²) in [6, 6.07) is 5.05. The second-order valence-corrected chi connectivity index (χ2v) is 6.40. The van der Waals surface area contributed by atoms with E-state index in [4.69, 9.17) is 5.73 Å². The van der Waals surface area contributed by atoms with Crippen LogP contribution in [0, 0.1) is 0 Å². The van der Waals surface area contributed by atoms with E-state index in [1.54, 1.807) is 26.0 Å². The molecule has 1 aromatic carbocycles. The summed E-state index contributed by atoms with van der Waals surface area (Å²) in [4.78, 5) is 1.38. The van der Waals surface area contributed by atoms with E-state index in [0.717, 1.165) is 16.5 Å². The van der Waals surface area contributed by atoms with E-state index in [1.807, 2.05) is 13.0 Å². The Balaban J connectivity index is 3.17. The smallest absolute Gasteiger partial charge is 0.360 e. The molecule has 0 heterocycles. The first-order valence-corrected chi connectivity index (χ1v) is 7.80. The molecule has 1 atom stereocenters. The van der Waals surface area contributed by atoms with E-state index < -0.39 is 12.7 Å². The van der Waals surface area contributed by atoms with Gasteiger partial charge in [0, 0.05) is 22.2 Å². The Bertz CT molecular complexity index is 461. The van der Waals surface area contributed by atoms with Gasteiger partial charge in [0.1, 0.15) is 6.54 Å². The number of hydrogen-bond acceptors (Lipinski definition) is 2. The molecule has 0 fully saturated rings. The Morgan fingerprint density at radius 3 is 2.38 bits per heavy atom. The minimum Gasteiger partial charge on any atom is -0.360 e. The standard InChI is InChI=1S/C15H22BrF3N2/c1-4-13(20)8-11-7-12(16)5-6-14(11)21(10(2)3)9-15(17,18)19/h5-7,10,13H,4,8-9,20H2,1-3H3. The predicted molar refractivity (Wildman–Crippen MR) is 84.6 cm³/mol. The van der Waals surface area contributed by atoms with Gasteiger partial charge in [0.05, 0.1) is 0 Å². The Hall–Kier alpha value is -0.750. The first-order chi connectivity index (χ1) is 9.64. The Labute approximate surface area is 132 Å². The van der Waals surface area contributed by atoms with Gasteiger partial charge in [-0.2, -0.15) is 13.2 Å². The monoisotopic (exact) mass is 366 g/mol. The van der Waals surface area contributed by atoms with Crippen molar-refractivity contribution in [2.45, 2.75) is 51.9 Å². The van der Waals surface area contributed by atoms with E-state index in [9.17, 15) is 13.2 Å². The van der Waals surface area contributed by atoms with Crippen LogP contribution in [-0.4, -0.2) is 24.8 Å². The van der Waals surface area contributed by atoms with Crippen molar-refractivity contribution < 1.29 is 13.2 Å². The molecule has 0 saturated carbocycles. The lowest BCUT2D eigenvalue weighted by Crippen LogP contribution is -2.40. The number of nitrogens with two attached hydrogens (primary N) is 1. The summed E-state index contributed by atoms with van der Waals surface area (Å²) >= 11 is 3.37. The molecule has 0 bridgehead atoms. The zero-order valence-corrected chi connectivity index (χ0v) is 14.1. The zero-order valence-electron chi connectivity index (χ0n) is 12.5. The lowest BCUT2D eigenvalue weighted by atomic mass is 10.0. The molecule has 21 heavy (non-hydrogen) atoms. The third-order valence-corrected chi connectivity index (χ3v) is 3.82. The number of anilines is 1. The summed E-state index contributed by atoms with van der Waals surface area (Å²) in [5, 5.41) is 0. The van der Waals surface area contributed by atoms with Gasteiger partial charge in [-0.25, -0.2) is 0 Å². The Morgan fingerprint density at radius 1 is 1.29 bits per heavy atom. The number of rotatable bonds is 6. The summed E-state index contributed by atoms with van der Waals surface area (Å²) in [6.07, 6.45) is -2.89. The minimum atomic E-state index is -4.23. The lowest BCUT2D eigenvalue weighted by Gasteiger charge is -2.32. The van der Waals surface area contributed by atoms with Crippen LogP contribution in [0.1, 0.15) is 32.8 Å². The molecule has 0 aliphatic rings. The predicted octanol–water partition coefficient (Wildman–Crippen LogP) is 4.51. The molecular formula is C15H22BrF3N2. The molecule has 2 N–H and O–H groups in total. The van der Waals surface area contributed by atoms with E-state index in [0.29, 0.717) is 12.1 Å². The number of nitrogens with zero attached hydrogens (tertiary/aromatic N) is 1. The van der Waals surface area contributed by atoms with Crippen LogP contribution in [0.2, 0.25) is 0 Å². The second-order valence-electron chi connectivity index (χ2n) is 5.48. The highest BCUT2D eigenvalue weighted by atomic mass is 79.9. The van der Waals surface area contributed by atoms with Crippen LogP contribution in [0.5, 0.6) is 0 Å². The van der Waals surface area contributed by atoms with E-state index in [2.05, 4.69) is 15.9 Å². The molecule has 1 aromatic rings. The van der Waals surface area contributed by atoms with Crippen molar-refractivity contribution >= 4 is 21.6 Å². The summed E-state index contributed by atoms with van der Waals surface area (Å²) < 4.78 is 39.3. The first kappa shape index (κ1) is 18.3. The maximum absolute atomic E-state index is 12.8. The SMILES string of the molecule is CCC(N)Cc1cc(Br)ccc1N(CC(F)(F)F)C(C)C. The summed E-state index contributed by atoms with van der Waals surface area (Å²) in [5.41, 5.74) is 7.42. The molecular weight excluding hydrogens is 345 g/mol. The van der Waals surface area contributed by atoms with Crippen molar-refractivity contribution in [1.29, 1.82) is 0 Å². The minimum absolute atomic E-state index is 0.0575. The van der Waals surface area contributed by atoms with Gasteiger partial charge in [-0.3, -0.25) is 0 Å². The number of benzene rings is 1. The maximum atomic E-state index is 12.8. The Morgan fingerprint density at radius 2 is 1.90 bits per heavy atom. The van der Waals surface area contributed by atoms with Gasteiger partial charge in [0.25, 0.3) is 0 Å². The van der Waals surface area contributed by atoms with Gasteiger partial charge >= 0.3 is 6.18 Å². The van der Waals surface area contributed by atoms with Crippen LogP contribution in [-0.2, 0) is 6.42 Å². The topological polar surface area (TPSA) is 29.3 Å². The lowest BCUT2D eigenvalue weighted by molar-refractivity contribution is -0.120. The van der Waals surface area contributed by atoms with Crippen LogP contribution >= 0.6 is 15.9 Å². The normalized spacial score (nSPS) is 13.6. The molecule has 1 rings (SSSR count). The van der Waals surface area contributed by atoms with Gasteiger partial charge in [-0.15, -0.1) is 0 Å². The number of halogens is 4. The molecule has 0 spiro atoms. The zero-order chi connectivity index (χ0) is 16.2. The maximum Gasteiger partial charge on any atom is 0.405 e. The molecule has 0 amide bonds. The van der Waals surface area contributed by atoms with Gasteiger partial charge in [0.2, 0.25) is 0 Å². The van der Waals surface area contributed by atoms with Crippen LogP contribution < -0.4 is 10.6 Å². The largest absolute Gasteiger partial charge is 0.405 e. The molecule has 1 unspecified atom stereocenters. The van der Waals surface area contributed by atoms with Crippen molar-refractivity contribution in [1.82, 2.24) is 0 Å². The summed E-state index contributed by atoms with van der Waals surface area (Å²) in [7, 11) is 0. The molecule has 0 saturated heterocycles. The molecule has 120 valence electrons. The average Bonchev–Trinajstić information content (AvgIpc) is 2.35. The molecule has 2 nitrogen and oxygen atoms in total. The van der Waals surface area contributed by atoms with Crippen molar-refractivity contribution in [3.63, 3.8) is 0 Å². The van der Waals surface area contributed by atoms with E-state index in [-0.39, 0.29) is 12.1 Å². The highest BCUT2D eigenvalue weighted by molar-refractivity contribution is 9.10. The fourth-order valence-electron chi connectivity index (χ4n) is 2.16. The van der Waals surface area contributed by atoms with Crippen molar-refractivity contribution in [3.8, 4) is 0 Å². The van der Waals surface area contributed by atoms with Gasteiger partial charge in [0.15, 0.2) is 0 Å². The second kappa shape index (κ2) is 7.49. The molecule has 6 heteroatoms. The fraction of sp³-hybridized carbons (Fsp3) is 0.600. The highest BCUT2D eigenvalue weighted by Gasteiger charge is 2.32. The Kier molecular flexibility index (Phi) is 6.53. The van der Waals surface area contributed by atoms with Crippen molar-refractivity contribution in [2.75, 3.05) is 11.4 Å².